The molecular formula is C12H17NOS. The molecule has 2 rings (SSSR count). The van der Waals surface area contributed by atoms with Crippen LogP contribution >= 0.6 is 0 Å². The average molecular weight is 223 g/mol. The summed E-state index contributed by atoms with van der Waals surface area (Å²) >= 11 is 0. The van der Waals surface area contributed by atoms with Crippen molar-refractivity contribution in [1.82, 2.24) is 4.90 Å². The fraction of sp³-hybridized carbons (Fsp3) is 0.500. The van der Waals surface area contributed by atoms with Crippen LogP contribution in [0.3, 0.4) is 0 Å². The molecule has 3 heteroatoms. The van der Waals surface area contributed by atoms with Crippen LogP contribution in [0.25, 0.3) is 0 Å². The van der Waals surface area contributed by atoms with Gasteiger partial charge in [-0.2, -0.15) is 0 Å². The van der Waals surface area contributed by atoms with Crippen LogP contribution < -0.4 is 0 Å². The normalized spacial score (nSPS) is 23.1. The number of allylic oxidation sites excluding steroid dienone is 3. The zero-order chi connectivity index (χ0) is 11.3. The summed E-state index contributed by atoms with van der Waals surface area (Å²) in [7, 11) is 1.14. The Labute approximate surface area is 94.5 Å². The molecule has 0 radical (unpaired) electrons. The summed E-state index contributed by atoms with van der Waals surface area (Å²) in [5.74, 6) is 6.68. The number of nitrogens with zero attached hydrogens (tertiary/aromatic N) is 1. The van der Waals surface area contributed by atoms with E-state index in [4.69, 9.17) is 0 Å². The van der Waals surface area contributed by atoms with E-state index in [0.717, 1.165) is 23.6 Å². The largest absolute Gasteiger partial charge is 0.372 e. The molecule has 0 aromatic rings. The summed E-state index contributed by atoms with van der Waals surface area (Å²) in [6.07, 6.45) is 4.80. The van der Waals surface area contributed by atoms with Crippen molar-refractivity contribution in [1.29, 1.82) is 0 Å². The van der Waals surface area contributed by atoms with Crippen molar-refractivity contribution in [2.24, 2.45) is 0 Å². The summed E-state index contributed by atoms with van der Waals surface area (Å²) in [5.41, 5.74) is 1.04. The van der Waals surface area contributed by atoms with E-state index in [1.165, 1.54) is 0 Å². The van der Waals surface area contributed by atoms with Gasteiger partial charge in [0.2, 0.25) is 0 Å². The minimum Gasteiger partial charge on any atom is -0.372 e. The maximum atomic E-state index is 11.6. The van der Waals surface area contributed by atoms with Gasteiger partial charge in [-0.05, 0) is 6.08 Å². The fourth-order valence-electron chi connectivity index (χ4n) is 1.42. The number of hydrogen-bond donors (Lipinski definition) is 0. The van der Waals surface area contributed by atoms with Crippen molar-refractivity contribution < 1.29 is 4.21 Å². The molecule has 0 fully saturated rings. The van der Waals surface area contributed by atoms with E-state index in [9.17, 15) is 4.21 Å². The molecule has 0 saturated carbocycles. The predicted molar refractivity (Wildman–Crippen MR) is 65.5 cm³/mol. The molecule has 1 unspecified atom stereocenters. The second-order valence-electron chi connectivity index (χ2n) is 3.09. The highest BCUT2D eigenvalue weighted by atomic mass is 32.2. The Morgan fingerprint density at radius 2 is 2.20 bits per heavy atom. The first kappa shape index (κ1) is 12.1. The van der Waals surface area contributed by atoms with E-state index in [2.05, 4.69) is 16.7 Å². The Balaban J connectivity index is 0.000000531. The van der Waals surface area contributed by atoms with E-state index in [1.807, 2.05) is 33.0 Å². The quantitative estimate of drug-likeness (QED) is 0.584. The SMILES string of the molecule is CC.CN1CCS(=O)C2=C1C=CCC#C2. The lowest BCUT2D eigenvalue weighted by Crippen LogP contribution is -2.29. The molecule has 0 spiro atoms. The Hall–Kier alpha value is -1.01. The standard InChI is InChI=1S/C10H11NOS.C2H6/c1-11-7-8-13(12)10-6-4-2-3-5-9(10)11;1-2/h3,5H,2,7-8H2,1H3;1-2H3. The molecule has 1 atom stereocenters. The van der Waals surface area contributed by atoms with Gasteiger partial charge < -0.3 is 4.90 Å². The van der Waals surface area contributed by atoms with Crippen LogP contribution in [0.4, 0.5) is 0 Å². The third kappa shape index (κ3) is 2.73. The molecule has 0 aromatic carbocycles. The molecule has 0 amide bonds. The smallest absolute Gasteiger partial charge is 0.112 e. The van der Waals surface area contributed by atoms with Gasteiger partial charge in [0.15, 0.2) is 0 Å². The van der Waals surface area contributed by atoms with Gasteiger partial charge in [-0.3, -0.25) is 4.21 Å². The first-order chi connectivity index (χ1) is 7.29. The summed E-state index contributed by atoms with van der Waals surface area (Å²) in [6, 6.07) is 0. The van der Waals surface area contributed by atoms with Gasteiger partial charge in [0.25, 0.3) is 0 Å². The topological polar surface area (TPSA) is 20.3 Å². The minimum atomic E-state index is -0.875. The van der Waals surface area contributed by atoms with Gasteiger partial charge in [0, 0.05) is 25.8 Å². The molecule has 0 N–H and O–H groups in total. The molecule has 2 aliphatic rings. The van der Waals surface area contributed by atoms with Crippen LogP contribution in [0.1, 0.15) is 20.3 Å². The van der Waals surface area contributed by atoms with Crippen LogP contribution in [0.2, 0.25) is 0 Å². The number of hydrogen-bond acceptors (Lipinski definition) is 2. The van der Waals surface area contributed by atoms with E-state index in [1.54, 1.807) is 0 Å². The summed E-state index contributed by atoms with van der Waals surface area (Å²) in [5, 5.41) is 0. The van der Waals surface area contributed by atoms with Crippen LogP contribution in [-0.4, -0.2) is 28.5 Å². The molecule has 2 nitrogen and oxygen atoms in total. The van der Waals surface area contributed by atoms with E-state index in [0.29, 0.717) is 5.75 Å². The van der Waals surface area contributed by atoms with E-state index >= 15 is 0 Å². The Bertz CT molecular complexity index is 371. The van der Waals surface area contributed by atoms with Gasteiger partial charge in [-0.1, -0.05) is 31.8 Å². The lowest BCUT2D eigenvalue weighted by molar-refractivity contribution is 0.451. The second-order valence-corrected chi connectivity index (χ2v) is 4.60. The summed E-state index contributed by atoms with van der Waals surface area (Å²) in [4.78, 5) is 2.93. The highest BCUT2D eigenvalue weighted by molar-refractivity contribution is 7.89. The summed E-state index contributed by atoms with van der Waals surface area (Å²) < 4.78 is 11.6. The molecule has 15 heavy (non-hydrogen) atoms. The van der Waals surface area contributed by atoms with Gasteiger partial charge in [0.1, 0.15) is 4.91 Å². The molecule has 0 bridgehead atoms. The highest BCUT2D eigenvalue weighted by Gasteiger charge is 2.20. The van der Waals surface area contributed by atoms with Gasteiger partial charge in [-0.25, -0.2) is 0 Å². The van der Waals surface area contributed by atoms with Crippen molar-refractivity contribution in [2.75, 3.05) is 19.3 Å². The molecule has 0 saturated heterocycles. The van der Waals surface area contributed by atoms with Crippen molar-refractivity contribution >= 4 is 10.8 Å². The highest BCUT2D eigenvalue weighted by Crippen LogP contribution is 2.20. The second kappa shape index (κ2) is 5.77. The lowest BCUT2D eigenvalue weighted by Gasteiger charge is -2.25. The molecule has 1 heterocycles. The zero-order valence-corrected chi connectivity index (χ0v) is 10.4. The van der Waals surface area contributed by atoms with Crippen LogP contribution in [0, 0.1) is 11.8 Å². The van der Waals surface area contributed by atoms with Gasteiger partial charge >= 0.3 is 0 Å². The predicted octanol–water partition coefficient (Wildman–Crippen LogP) is 1.88. The molecule has 1 aliphatic heterocycles. The lowest BCUT2D eigenvalue weighted by atomic mass is 10.3. The maximum absolute atomic E-state index is 11.6. The van der Waals surface area contributed by atoms with Crippen molar-refractivity contribution in [3.63, 3.8) is 0 Å². The Morgan fingerprint density at radius 1 is 1.47 bits per heavy atom. The number of rotatable bonds is 0. The minimum absolute atomic E-state index is 0.706. The van der Waals surface area contributed by atoms with Crippen molar-refractivity contribution in [2.45, 2.75) is 20.3 Å². The monoisotopic (exact) mass is 223 g/mol. The van der Waals surface area contributed by atoms with E-state index < -0.39 is 10.8 Å². The molecule has 82 valence electrons. The van der Waals surface area contributed by atoms with Crippen molar-refractivity contribution in [3.8, 4) is 11.8 Å². The third-order valence-corrected chi connectivity index (χ3v) is 3.50. The Morgan fingerprint density at radius 3 is 2.93 bits per heavy atom. The number of likely N-dealkylation sites (N-methyl/N-ethyl adjacent to an activating group) is 1. The molecule has 1 aliphatic carbocycles. The van der Waals surface area contributed by atoms with Gasteiger partial charge in [-0.15, -0.1) is 0 Å². The average Bonchev–Trinajstić information content (AvgIpc) is 2.52. The fourth-order valence-corrected chi connectivity index (χ4v) is 2.70. The first-order valence-corrected chi connectivity index (χ1v) is 6.60. The van der Waals surface area contributed by atoms with E-state index in [-0.39, 0.29) is 0 Å². The van der Waals surface area contributed by atoms with Crippen LogP contribution in [0.5, 0.6) is 0 Å². The first-order valence-electron chi connectivity index (χ1n) is 5.28. The van der Waals surface area contributed by atoms with Crippen molar-refractivity contribution in [3.05, 3.63) is 22.8 Å². The van der Waals surface area contributed by atoms with Crippen LogP contribution in [0.15, 0.2) is 22.8 Å². The van der Waals surface area contributed by atoms with Gasteiger partial charge in [0.05, 0.1) is 16.5 Å². The maximum Gasteiger partial charge on any atom is 0.112 e. The third-order valence-electron chi connectivity index (χ3n) is 2.18. The summed E-state index contributed by atoms with van der Waals surface area (Å²) in [6.45, 7) is 4.86. The zero-order valence-electron chi connectivity index (χ0n) is 9.54. The molecular weight excluding hydrogens is 206 g/mol. The Kier molecular flexibility index (Phi) is 4.64. The van der Waals surface area contributed by atoms with Crippen LogP contribution in [-0.2, 0) is 10.8 Å². The molecule has 0 aromatic heterocycles.